The summed E-state index contributed by atoms with van der Waals surface area (Å²) in [5.41, 5.74) is 2.07. The molecule has 1 aromatic carbocycles. The zero-order valence-electron chi connectivity index (χ0n) is 11.3. The second-order valence-corrected chi connectivity index (χ2v) is 5.74. The predicted molar refractivity (Wildman–Crippen MR) is 78.6 cm³/mol. The number of ether oxygens (including phenoxy) is 1. The molecule has 0 radical (unpaired) electrons. The third kappa shape index (κ3) is 3.35. The zero-order chi connectivity index (χ0) is 13.8. The summed E-state index contributed by atoms with van der Waals surface area (Å²) in [4.78, 5) is 14.1. The summed E-state index contributed by atoms with van der Waals surface area (Å²) in [6.45, 7) is 4.04. The lowest BCUT2D eigenvalue weighted by Crippen LogP contribution is -2.21. The Morgan fingerprint density at radius 2 is 2.05 bits per heavy atom. The van der Waals surface area contributed by atoms with Crippen molar-refractivity contribution in [2.24, 2.45) is 0 Å². The van der Waals surface area contributed by atoms with Crippen LogP contribution in [-0.2, 0) is 9.53 Å². The Hall–Kier alpha value is -1.81. The highest BCUT2D eigenvalue weighted by atomic mass is 32.1. The number of hydrogen-bond donors (Lipinski definition) is 1. The number of rotatable bonds is 4. The minimum atomic E-state index is -0.453. The highest BCUT2D eigenvalue weighted by Crippen LogP contribution is 2.27. The van der Waals surface area contributed by atoms with Gasteiger partial charge in [-0.25, -0.2) is 4.79 Å². The largest absolute Gasteiger partial charge is 0.467 e. The number of aryl methyl sites for hydroxylation is 2. The summed E-state index contributed by atoms with van der Waals surface area (Å²) >= 11 is 1.60. The molecular weight excluding hydrogens is 258 g/mol. The lowest BCUT2D eigenvalue weighted by atomic mass is 10.2. The van der Waals surface area contributed by atoms with Gasteiger partial charge in [0.05, 0.1) is 7.11 Å². The SMILES string of the molecule is COC(=O)C(Nc1cccc(C)c1)c1ccc(C)s1. The Kier molecular flexibility index (Phi) is 4.22. The molecule has 0 spiro atoms. The minimum absolute atomic E-state index is 0.275. The molecule has 100 valence electrons. The molecule has 1 unspecified atom stereocenters. The number of benzene rings is 1. The quantitative estimate of drug-likeness (QED) is 0.865. The van der Waals surface area contributed by atoms with Crippen LogP contribution in [0.4, 0.5) is 5.69 Å². The molecule has 0 aliphatic heterocycles. The van der Waals surface area contributed by atoms with Crippen LogP contribution in [0.2, 0.25) is 0 Å². The van der Waals surface area contributed by atoms with Crippen LogP contribution in [0.25, 0.3) is 0 Å². The van der Waals surface area contributed by atoms with E-state index in [4.69, 9.17) is 4.74 Å². The molecule has 3 nitrogen and oxygen atoms in total. The van der Waals surface area contributed by atoms with Gasteiger partial charge < -0.3 is 10.1 Å². The fourth-order valence-corrected chi connectivity index (χ4v) is 2.79. The summed E-state index contributed by atoms with van der Waals surface area (Å²) in [5.74, 6) is -0.275. The lowest BCUT2D eigenvalue weighted by Gasteiger charge is -2.16. The van der Waals surface area contributed by atoms with Gasteiger partial charge in [-0.05, 0) is 43.7 Å². The van der Waals surface area contributed by atoms with Crippen molar-refractivity contribution in [2.45, 2.75) is 19.9 Å². The standard InChI is InChI=1S/C15H17NO2S/c1-10-5-4-6-12(9-10)16-14(15(17)18-3)13-8-7-11(2)19-13/h4-9,14,16H,1-3H3. The van der Waals surface area contributed by atoms with Gasteiger partial charge >= 0.3 is 5.97 Å². The topological polar surface area (TPSA) is 38.3 Å². The van der Waals surface area contributed by atoms with E-state index in [0.29, 0.717) is 0 Å². The van der Waals surface area contributed by atoms with Crippen molar-refractivity contribution in [3.8, 4) is 0 Å². The maximum absolute atomic E-state index is 11.9. The van der Waals surface area contributed by atoms with Gasteiger partial charge in [-0.2, -0.15) is 0 Å². The minimum Gasteiger partial charge on any atom is -0.467 e. The number of thiophene rings is 1. The number of nitrogens with one attached hydrogen (secondary N) is 1. The van der Waals surface area contributed by atoms with E-state index in [-0.39, 0.29) is 5.97 Å². The molecule has 2 aromatic rings. The van der Waals surface area contributed by atoms with Gasteiger partial charge in [0, 0.05) is 15.4 Å². The first-order valence-electron chi connectivity index (χ1n) is 6.07. The summed E-state index contributed by atoms with van der Waals surface area (Å²) in [6, 6.07) is 11.5. The van der Waals surface area contributed by atoms with Crippen LogP contribution in [0.3, 0.4) is 0 Å². The van der Waals surface area contributed by atoms with Crippen molar-refractivity contribution in [1.82, 2.24) is 0 Å². The molecule has 1 atom stereocenters. The van der Waals surface area contributed by atoms with Gasteiger partial charge in [-0.3, -0.25) is 0 Å². The van der Waals surface area contributed by atoms with Crippen molar-refractivity contribution in [3.05, 3.63) is 51.7 Å². The van der Waals surface area contributed by atoms with Crippen LogP contribution in [0, 0.1) is 13.8 Å². The van der Waals surface area contributed by atoms with Gasteiger partial charge in [-0.1, -0.05) is 12.1 Å². The molecule has 4 heteroatoms. The van der Waals surface area contributed by atoms with Crippen molar-refractivity contribution in [1.29, 1.82) is 0 Å². The van der Waals surface area contributed by atoms with Crippen molar-refractivity contribution in [3.63, 3.8) is 0 Å². The average molecular weight is 275 g/mol. The molecule has 19 heavy (non-hydrogen) atoms. The fourth-order valence-electron chi connectivity index (χ4n) is 1.87. The summed E-state index contributed by atoms with van der Waals surface area (Å²) in [7, 11) is 1.41. The molecule has 1 heterocycles. The molecule has 0 saturated carbocycles. The molecule has 1 aromatic heterocycles. The summed E-state index contributed by atoms with van der Waals surface area (Å²) < 4.78 is 4.88. The number of anilines is 1. The molecule has 0 amide bonds. The predicted octanol–water partition coefficient (Wildman–Crippen LogP) is 3.69. The Labute approximate surface area is 117 Å². The van der Waals surface area contributed by atoms with E-state index < -0.39 is 6.04 Å². The molecule has 2 rings (SSSR count). The van der Waals surface area contributed by atoms with Gasteiger partial charge in [0.2, 0.25) is 0 Å². The number of esters is 1. The summed E-state index contributed by atoms with van der Waals surface area (Å²) in [5, 5.41) is 3.24. The van der Waals surface area contributed by atoms with E-state index in [1.165, 1.54) is 12.0 Å². The molecule has 0 bridgehead atoms. The maximum atomic E-state index is 11.9. The Morgan fingerprint density at radius 1 is 1.26 bits per heavy atom. The van der Waals surface area contributed by atoms with Crippen LogP contribution in [0.1, 0.15) is 21.4 Å². The van der Waals surface area contributed by atoms with E-state index in [0.717, 1.165) is 16.1 Å². The van der Waals surface area contributed by atoms with Crippen LogP contribution in [0.5, 0.6) is 0 Å². The number of carbonyl (C=O) groups excluding carboxylic acids is 1. The molecule has 0 aliphatic rings. The van der Waals surface area contributed by atoms with Gasteiger partial charge in [-0.15, -0.1) is 11.3 Å². The van der Waals surface area contributed by atoms with E-state index in [1.54, 1.807) is 11.3 Å². The number of carbonyl (C=O) groups is 1. The first-order chi connectivity index (χ1) is 9.10. The normalized spacial score (nSPS) is 11.9. The van der Waals surface area contributed by atoms with Crippen molar-refractivity contribution >= 4 is 23.0 Å². The second kappa shape index (κ2) is 5.89. The molecule has 1 N–H and O–H groups in total. The Balaban J connectivity index is 2.26. The molecular formula is C15H17NO2S. The van der Waals surface area contributed by atoms with Gasteiger partial charge in [0.15, 0.2) is 6.04 Å². The smallest absolute Gasteiger partial charge is 0.333 e. The zero-order valence-corrected chi connectivity index (χ0v) is 12.1. The monoisotopic (exact) mass is 275 g/mol. The first-order valence-corrected chi connectivity index (χ1v) is 6.89. The second-order valence-electron chi connectivity index (χ2n) is 4.42. The summed E-state index contributed by atoms with van der Waals surface area (Å²) in [6.07, 6.45) is 0. The Bertz CT molecular complexity index is 577. The van der Waals surface area contributed by atoms with Crippen molar-refractivity contribution in [2.75, 3.05) is 12.4 Å². The first kappa shape index (κ1) is 13.6. The molecule has 0 saturated heterocycles. The van der Waals surface area contributed by atoms with Crippen LogP contribution >= 0.6 is 11.3 Å². The highest BCUT2D eigenvalue weighted by molar-refractivity contribution is 7.12. The Morgan fingerprint density at radius 3 is 2.63 bits per heavy atom. The third-order valence-electron chi connectivity index (χ3n) is 2.81. The lowest BCUT2D eigenvalue weighted by molar-refractivity contribution is -0.141. The number of hydrogen-bond acceptors (Lipinski definition) is 4. The molecule has 0 fully saturated rings. The van der Waals surface area contributed by atoms with Gasteiger partial charge in [0.25, 0.3) is 0 Å². The number of methoxy groups -OCH3 is 1. The van der Waals surface area contributed by atoms with Crippen molar-refractivity contribution < 1.29 is 9.53 Å². The molecule has 0 aliphatic carbocycles. The highest BCUT2D eigenvalue weighted by Gasteiger charge is 2.22. The fraction of sp³-hybridized carbons (Fsp3) is 0.267. The van der Waals surface area contributed by atoms with E-state index in [9.17, 15) is 4.79 Å². The maximum Gasteiger partial charge on any atom is 0.333 e. The van der Waals surface area contributed by atoms with Gasteiger partial charge in [0.1, 0.15) is 0 Å². The van der Waals surface area contributed by atoms with E-state index in [1.807, 2.05) is 50.2 Å². The average Bonchev–Trinajstić information content (AvgIpc) is 2.81. The van der Waals surface area contributed by atoms with Crippen LogP contribution < -0.4 is 5.32 Å². The van der Waals surface area contributed by atoms with E-state index >= 15 is 0 Å². The van der Waals surface area contributed by atoms with Crippen LogP contribution in [-0.4, -0.2) is 13.1 Å². The van der Waals surface area contributed by atoms with Crippen LogP contribution in [0.15, 0.2) is 36.4 Å². The van der Waals surface area contributed by atoms with E-state index in [2.05, 4.69) is 5.32 Å². The third-order valence-corrected chi connectivity index (χ3v) is 3.88.